The van der Waals surface area contributed by atoms with Gasteiger partial charge < -0.3 is 15.8 Å². The first kappa shape index (κ1) is 14.5. The van der Waals surface area contributed by atoms with Crippen molar-refractivity contribution in [3.63, 3.8) is 0 Å². The SMILES string of the molecule is COCC(=O)Nc1ccc(C)c(N=C(N)CCl)c1. The molecular weight excluding hydrogens is 254 g/mol. The van der Waals surface area contributed by atoms with Gasteiger partial charge in [0.2, 0.25) is 5.91 Å². The number of alkyl halides is 1. The van der Waals surface area contributed by atoms with E-state index in [1.54, 1.807) is 12.1 Å². The van der Waals surface area contributed by atoms with Crippen LogP contribution in [0.5, 0.6) is 0 Å². The van der Waals surface area contributed by atoms with Crippen LogP contribution in [0, 0.1) is 6.92 Å². The molecule has 1 aromatic carbocycles. The number of halogens is 1. The molecule has 98 valence electrons. The third-order valence-corrected chi connectivity index (χ3v) is 2.44. The number of amides is 1. The van der Waals surface area contributed by atoms with Gasteiger partial charge in [-0.25, -0.2) is 4.99 Å². The van der Waals surface area contributed by atoms with Crippen molar-refractivity contribution in [2.24, 2.45) is 10.7 Å². The maximum Gasteiger partial charge on any atom is 0.250 e. The van der Waals surface area contributed by atoms with E-state index in [4.69, 9.17) is 22.1 Å². The van der Waals surface area contributed by atoms with Gasteiger partial charge in [0.25, 0.3) is 0 Å². The highest BCUT2D eigenvalue weighted by Gasteiger charge is 2.04. The van der Waals surface area contributed by atoms with Crippen LogP contribution in [-0.4, -0.2) is 31.3 Å². The van der Waals surface area contributed by atoms with Crippen molar-refractivity contribution >= 4 is 34.7 Å². The minimum atomic E-state index is -0.221. The number of amidine groups is 1. The Morgan fingerprint density at radius 1 is 1.56 bits per heavy atom. The molecule has 0 aliphatic carbocycles. The molecule has 3 N–H and O–H groups in total. The highest BCUT2D eigenvalue weighted by Crippen LogP contribution is 2.23. The number of carbonyl (C=O) groups excluding carboxylic acids is 1. The Bertz CT molecular complexity index is 461. The lowest BCUT2D eigenvalue weighted by Gasteiger charge is -2.07. The van der Waals surface area contributed by atoms with Crippen LogP contribution in [0.3, 0.4) is 0 Å². The summed E-state index contributed by atoms with van der Waals surface area (Å²) in [5.74, 6) is 0.279. The van der Waals surface area contributed by atoms with Crippen molar-refractivity contribution < 1.29 is 9.53 Å². The normalized spacial score (nSPS) is 11.4. The Balaban J connectivity index is 2.90. The van der Waals surface area contributed by atoms with E-state index in [0.29, 0.717) is 17.2 Å². The average molecular weight is 270 g/mol. The fourth-order valence-electron chi connectivity index (χ4n) is 1.32. The quantitative estimate of drug-likeness (QED) is 0.486. The second kappa shape index (κ2) is 6.98. The van der Waals surface area contributed by atoms with Gasteiger partial charge >= 0.3 is 0 Å². The van der Waals surface area contributed by atoms with E-state index < -0.39 is 0 Å². The number of carbonyl (C=O) groups is 1. The molecule has 0 fully saturated rings. The molecule has 0 bridgehead atoms. The first-order valence-electron chi connectivity index (χ1n) is 5.35. The molecule has 0 spiro atoms. The largest absolute Gasteiger partial charge is 0.386 e. The molecule has 0 saturated carbocycles. The summed E-state index contributed by atoms with van der Waals surface area (Å²) in [5, 5.41) is 2.69. The topological polar surface area (TPSA) is 76.7 Å². The minimum Gasteiger partial charge on any atom is -0.386 e. The summed E-state index contributed by atoms with van der Waals surface area (Å²) in [5.41, 5.74) is 7.86. The molecule has 0 unspecified atom stereocenters. The molecule has 0 radical (unpaired) electrons. The standard InChI is InChI=1S/C12H16ClN3O2/c1-8-3-4-9(15-12(17)7-18-2)5-10(8)16-11(14)6-13/h3-5H,6-7H2,1-2H3,(H2,14,16)(H,15,17). The van der Waals surface area contributed by atoms with Crippen LogP contribution in [0.4, 0.5) is 11.4 Å². The molecule has 5 nitrogen and oxygen atoms in total. The van der Waals surface area contributed by atoms with E-state index in [0.717, 1.165) is 5.56 Å². The number of nitrogens with zero attached hydrogens (tertiary/aromatic N) is 1. The van der Waals surface area contributed by atoms with E-state index in [-0.39, 0.29) is 18.4 Å². The summed E-state index contributed by atoms with van der Waals surface area (Å²) in [6.07, 6.45) is 0. The predicted octanol–water partition coefficient (Wildman–Crippen LogP) is 1.81. The van der Waals surface area contributed by atoms with Crippen LogP contribution >= 0.6 is 11.6 Å². The molecule has 0 aromatic heterocycles. The molecule has 0 aliphatic rings. The summed E-state index contributed by atoms with van der Waals surface area (Å²) in [6.45, 7) is 1.91. The molecule has 6 heteroatoms. The van der Waals surface area contributed by atoms with Gasteiger partial charge in [0, 0.05) is 12.8 Å². The van der Waals surface area contributed by atoms with E-state index in [1.165, 1.54) is 7.11 Å². The van der Waals surface area contributed by atoms with Crippen molar-refractivity contribution in [2.75, 3.05) is 24.9 Å². The third kappa shape index (κ3) is 4.35. The van der Waals surface area contributed by atoms with Crippen molar-refractivity contribution in [1.29, 1.82) is 0 Å². The van der Waals surface area contributed by atoms with Gasteiger partial charge in [0.1, 0.15) is 12.4 Å². The second-order valence-corrected chi connectivity index (χ2v) is 3.99. The van der Waals surface area contributed by atoms with Crippen molar-refractivity contribution in [2.45, 2.75) is 6.92 Å². The molecular formula is C12H16ClN3O2. The number of benzene rings is 1. The van der Waals surface area contributed by atoms with Gasteiger partial charge in [-0.05, 0) is 24.6 Å². The van der Waals surface area contributed by atoms with E-state index in [1.807, 2.05) is 13.0 Å². The van der Waals surface area contributed by atoms with Gasteiger partial charge in [-0.3, -0.25) is 4.79 Å². The Morgan fingerprint density at radius 3 is 2.89 bits per heavy atom. The van der Waals surface area contributed by atoms with Gasteiger partial charge in [0.05, 0.1) is 11.6 Å². The van der Waals surface area contributed by atoms with Crippen molar-refractivity contribution in [3.05, 3.63) is 23.8 Å². The van der Waals surface area contributed by atoms with Crippen LogP contribution in [0.25, 0.3) is 0 Å². The van der Waals surface area contributed by atoms with Crippen LogP contribution in [0.1, 0.15) is 5.56 Å². The maximum absolute atomic E-state index is 11.4. The maximum atomic E-state index is 11.4. The zero-order valence-corrected chi connectivity index (χ0v) is 11.1. The van der Waals surface area contributed by atoms with Crippen LogP contribution in [0.2, 0.25) is 0 Å². The number of aliphatic imine (C=N–C) groups is 1. The van der Waals surface area contributed by atoms with Crippen LogP contribution in [0.15, 0.2) is 23.2 Å². The van der Waals surface area contributed by atoms with Crippen LogP contribution in [-0.2, 0) is 9.53 Å². The lowest BCUT2D eigenvalue weighted by Crippen LogP contribution is -2.17. The molecule has 1 aromatic rings. The lowest BCUT2D eigenvalue weighted by atomic mass is 10.2. The summed E-state index contributed by atoms with van der Waals surface area (Å²) in [6, 6.07) is 5.38. The Labute approximate surface area is 111 Å². The summed E-state index contributed by atoms with van der Waals surface area (Å²) in [4.78, 5) is 15.5. The Kier molecular flexibility index (Phi) is 5.61. The number of ether oxygens (including phenoxy) is 1. The van der Waals surface area contributed by atoms with Crippen molar-refractivity contribution in [3.8, 4) is 0 Å². The number of aryl methyl sites for hydroxylation is 1. The predicted molar refractivity (Wildman–Crippen MR) is 73.7 cm³/mol. The highest BCUT2D eigenvalue weighted by molar-refractivity contribution is 6.28. The number of hydrogen-bond donors (Lipinski definition) is 2. The van der Waals surface area contributed by atoms with Gasteiger partial charge in [-0.15, -0.1) is 11.6 Å². The minimum absolute atomic E-state index is 0.0102. The molecule has 0 saturated heterocycles. The summed E-state index contributed by atoms with van der Waals surface area (Å²) < 4.78 is 4.73. The van der Waals surface area contributed by atoms with Gasteiger partial charge in [0.15, 0.2) is 0 Å². The highest BCUT2D eigenvalue weighted by atomic mass is 35.5. The second-order valence-electron chi connectivity index (χ2n) is 3.72. The lowest BCUT2D eigenvalue weighted by molar-refractivity contribution is -0.119. The number of anilines is 1. The molecule has 1 rings (SSSR count). The summed E-state index contributed by atoms with van der Waals surface area (Å²) in [7, 11) is 1.46. The fourth-order valence-corrected chi connectivity index (χ4v) is 1.38. The van der Waals surface area contributed by atoms with E-state index in [2.05, 4.69) is 10.3 Å². The molecule has 0 heterocycles. The van der Waals surface area contributed by atoms with Gasteiger partial charge in [-0.2, -0.15) is 0 Å². The Morgan fingerprint density at radius 2 is 2.28 bits per heavy atom. The molecule has 18 heavy (non-hydrogen) atoms. The van der Waals surface area contributed by atoms with E-state index in [9.17, 15) is 4.79 Å². The zero-order valence-electron chi connectivity index (χ0n) is 10.4. The number of nitrogens with one attached hydrogen (secondary N) is 1. The molecule has 0 atom stereocenters. The smallest absolute Gasteiger partial charge is 0.250 e. The summed E-state index contributed by atoms with van der Waals surface area (Å²) >= 11 is 5.58. The zero-order chi connectivity index (χ0) is 13.5. The fraction of sp³-hybridized carbons (Fsp3) is 0.333. The monoisotopic (exact) mass is 269 g/mol. The number of methoxy groups -OCH3 is 1. The molecule has 0 aliphatic heterocycles. The van der Waals surface area contributed by atoms with E-state index >= 15 is 0 Å². The number of rotatable bonds is 5. The Hall–Kier alpha value is -1.59. The number of hydrogen-bond acceptors (Lipinski definition) is 3. The van der Waals surface area contributed by atoms with Crippen molar-refractivity contribution in [1.82, 2.24) is 0 Å². The first-order chi connectivity index (χ1) is 8.56. The van der Waals surface area contributed by atoms with Gasteiger partial charge in [-0.1, -0.05) is 6.07 Å². The van der Waals surface area contributed by atoms with Crippen LogP contribution < -0.4 is 11.1 Å². The third-order valence-electron chi connectivity index (χ3n) is 2.17. The first-order valence-corrected chi connectivity index (χ1v) is 5.88. The molecule has 1 amide bonds. The average Bonchev–Trinajstić information content (AvgIpc) is 2.33. The number of nitrogens with two attached hydrogens (primary N) is 1.